The molecule has 0 radical (unpaired) electrons. The van der Waals surface area contributed by atoms with Crippen molar-refractivity contribution >= 4 is 17.6 Å². The fourth-order valence-corrected chi connectivity index (χ4v) is 3.09. The van der Waals surface area contributed by atoms with Crippen LogP contribution in [0.4, 0.5) is 5.69 Å². The second kappa shape index (κ2) is 10.3. The van der Waals surface area contributed by atoms with E-state index in [9.17, 15) is 14.7 Å². The summed E-state index contributed by atoms with van der Waals surface area (Å²) in [5.41, 5.74) is 2.80. The number of ether oxygens (including phenoxy) is 1. The van der Waals surface area contributed by atoms with Crippen LogP contribution >= 0.6 is 0 Å². The van der Waals surface area contributed by atoms with Crippen molar-refractivity contribution in [2.45, 2.75) is 32.7 Å². The number of hydrogen-bond acceptors (Lipinski definition) is 5. The summed E-state index contributed by atoms with van der Waals surface area (Å²) >= 11 is 0. The molecule has 1 fully saturated rings. The van der Waals surface area contributed by atoms with Crippen molar-refractivity contribution in [3.63, 3.8) is 0 Å². The molecule has 1 heterocycles. The minimum atomic E-state index is -1.01. The molecule has 1 aromatic rings. The first-order chi connectivity index (χ1) is 12.4. The van der Waals surface area contributed by atoms with Crippen LogP contribution in [-0.4, -0.2) is 67.3 Å². The number of carbonyl (C=O) groups is 2. The lowest BCUT2D eigenvalue weighted by Crippen LogP contribution is -2.42. The standard InChI is InChI=1S/C19H29N3O4/c1-14-10-15(2)12-16(11-14)21-18(23)13-17(19(24)25)20-4-3-5-22-6-8-26-9-7-22/h10-12,17,20H,3-9,13H2,1-2H3,(H,21,23)(H,24,25). The third-order valence-corrected chi connectivity index (χ3v) is 4.34. The second-order valence-electron chi connectivity index (χ2n) is 6.78. The Labute approximate surface area is 154 Å². The number of aryl methyl sites for hydroxylation is 2. The highest BCUT2D eigenvalue weighted by Crippen LogP contribution is 2.14. The molecule has 1 aromatic carbocycles. The number of carboxylic acid groups (broad SMARTS) is 1. The molecule has 7 heteroatoms. The van der Waals surface area contributed by atoms with Gasteiger partial charge in [-0.15, -0.1) is 0 Å². The monoisotopic (exact) mass is 363 g/mol. The molecule has 0 aromatic heterocycles. The van der Waals surface area contributed by atoms with Gasteiger partial charge in [-0.1, -0.05) is 6.07 Å². The third-order valence-electron chi connectivity index (χ3n) is 4.34. The van der Waals surface area contributed by atoms with E-state index in [0.29, 0.717) is 12.2 Å². The van der Waals surface area contributed by atoms with E-state index < -0.39 is 12.0 Å². The molecule has 1 saturated heterocycles. The van der Waals surface area contributed by atoms with Crippen LogP contribution < -0.4 is 10.6 Å². The number of hydrogen-bond donors (Lipinski definition) is 3. The van der Waals surface area contributed by atoms with Gasteiger partial charge in [0.05, 0.1) is 19.6 Å². The van der Waals surface area contributed by atoms with Gasteiger partial charge in [-0.05, 0) is 56.6 Å². The number of nitrogens with one attached hydrogen (secondary N) is 2. The molecule has 1 atom stereocenters. The second-order valence-corrected chi connectivity index (χ2v) is 6.78. The Bertz CT molecular complexity index is 595. The van der Waals surface area contributed by atoms with Gasteiger partial charge in [0.25, 0.3) is 0 Å². The molecule has 7 nitrogen and oxygen atoms in total. The van der Waals surface area contributed by atoms with Crippen LogP contribution in [0.25, 0.3) is 0 Å². The first-order valence-electron chi connectivity index (χ1n) is 9.08. The number of carboxylic acids is 1. The predicted molar refractivity (Wildman–Crippen MR) is 100 cm³/mol. The zero-order valence-electron chi connectivity index (χ0n) is 15.6. The summed E-state index contributed by atoms with van der Waals surface area (Å²) in [5.74, 6) is -1.31. The zero-order valence-corrected chi connectivity index (χ0v) is 15.6. The molecular formula is C19H29N3O4. The number of aliphatic carboxylic acids is 1. The predicted octanol–water partition coefficient (Wildman–Crippen LogP) is 1.40. The maximum absolute atomic E-state index is 12.2. The number of amides is 1. The van der Waals surface area contributed by atoms with Crippen molar-refractivity contribution in [2.24, 2.45) is 0 Å². The van der Waals surface area contributed by atoms with Crippen molar-refractivity contribution in [1.82, 2.24) is 10.2 Å². The normalized spacial score (nSPS) is 16.2. The number of rotatable bonds is 9. The first kappa shape index (κ1) is 20.4. The van der Waals surface area contributed by atoms with Crippen molar-refractivity contribution in [2.75, 3.05) is 44.7 Å². The lowest BCUT2D eigenvalue weighted by molar-refractivity contribution is -0.141. The molecule has 0 saturated carbocycles. The molecule has 3 N–H and O–H groups in total. The molecule has 0 aliphatic carbocycles. The average Bonchev–Trinajstić information content (AvgIpc) is 2.57. The zero-order chi connectivity index (χ0) is 18.9. The van der Waals surface area contributed by atoms with Gasteiger partial charge in [-0.3, -0.25) is 14.5 Å². The number of anilines is 1. The number of benzene rings is 1. The van der Waals surface area contributed by atoms with Crippen LogP contribution in [0, 0.1) is 13.8 Å². The van der Waals surface area contributed by atoms with Crippen LogP contribution in [0.5, 0.6) is 0 Å². The van der Waals surface area contributed by atoms with Crippen molar-refractivity contribution in [3.05, 3.63) is 29.3 Å². The smallest absolute Gasteiger partial charge is 0.321 e. The highest BCUT2D eigenvalue weighted by Gasteiger charge is 2.21. The van der Waals surface area contributed by atoms with E-state index in [1.54, 1.807) is 0 Å². The lowest BCUT2D eigenvalue weighted by atomic mass is 10.1. The summed E-state index contributed by atoms with van der Waals surface area (Å²) in [6.45, 7) is 8.72. The maximum Gasteiger partial charge on any atom is 0.321 e. The largest absolute Gasteiger partial charge is 0.480 e. The Balaban J connectivity index is 1.75. The first-order valence-corrected chi connectivity index (χ1v) is 9.08. The Morgan fingerprint density at radius 1 is 1.19 bits per heavy atom. The van der Waals surface area contributed by atoms with E-state index in [4.69, 9.17) is 4.74 Å². The molecule has 0 spiro atoms. The molecule has 144 valence electrons. The van der Waals surface area contributed by atoms with Crippen molar-refractivity contribution in [3.8, 4) is 0 Å². The van der Waals surface area contributed by atoms with E-state index in [1.165, 1.54) is 0 Å². The van der Waals surface area contributed by atoms with E-state index in [0.717, 1.165) is 50.4 Å². The third kappa shape index (κ3) is 7.11. The van der Waals surface area contributed by atoms with E-state index >= 15 is 0 Å². The molecule has 1 amide bonds. The van der Waals surface area contributed by atoms with Crippen molar-refractivity contribution in [1.29, 1.82) is 0 Å². The van der Waals surface area contributed by atoms with E-state index in [-0.39, 0.29) is 12.3 Å². The van der Waals surface area contributed by atoms with Crippen molar-refractivity contribution < 1.29 is 19.4 Å². The van der Waals surface area contributed by atoms with Gasteiger partial charge >= 0.3 is 5.97 Å². The van der Waals surface area contributed by atoms with E-state index in [1.807, 2.05) is 32.0 Å². The summed E-state index contributed by atoms with van der Waals surface area (Å²) < 4.78 is 5.30. The van der Waals surface area contributed by atoms with Crippen LogP contribution in [0.2, 0.25) is 0 Å². The molecule has 2 rings (SSSR count). The van der Waals surface area contributed by atoms with Gasteiger partial charge in [-0.25, -0.2) is 0 Å². The molecule has 1 aliphatic rings. The van der Waals surface area contributed by atoms with Crippen LogP contribution in [0.15, 0.2) is 18.2 Å². The quantitative estimate of drug-likeness (QED) is 0.575. The number of nitrogens with zero attached hydrogens (tertiary/aromatic N) is 1. The van der Waals surface area contributed by atoms with Gasteiger partial charge in [-0.2, -0.15) is 0 Å². The lowest BCUT2D eigenvalue weighted by Gasteiger charge is -2.26. The summed E-state index contributed by atoms with van der Waals surface area (Å²) in [5, 5.41) is 15.1. The fourth-order valence-electron chi connectivity index (χ4n) is 3.09. The molecule has 26 heavy (non-hydrogen) atoms. The topological polar surface area (TPSA) is 90.9 Å². The van der Waals surface area contributed by atoms with Crippen LogP contribution in [0.3, 0.4) is 0 Å². The maximum atomic E-state index is 12.2. The SMILES string of the molecule is Cc1cc(C)cc(NC(=O)CC(NCCCN2CCOCC2)C(=O)O)c1. The minimum absolute atomic E-state index is 0.0973. The average molecular weight is 363 g/mol. The fraction of sp³-hybridized carbons (Fsp3) is 0.579. The Kier molecular flexibility index (Phi) is 8.03. The number of morpholine rings is 1. The Morgan fingerprint density at radius 2 is 1.85 bits per heavy atom. The van der Waals surface area contributed by atoms with Gasteiger partial charge < -0.3 is 20.5 Å². The summed E-state index contributed by atoms with van der Waals surface area (Å²) in [4.78, 5) is 25.9. The number of carbonyl (C=O) groups excluding carboxylic acids is 1. The minimum Gasteiger partial charge on any atom is -0.480 e. The highest BCUT2D eigenvalue weighted by atomic mass is 16.5. The van der Waals surface area contributed by atoms with Gasteiger partial charge in [0.2, 0.25) is 5.91 Å². The summed E-state index contributed by atoms with van der Waals surface area (Å²) in [6, 6.07) is 4.88. The van der Waals surface area contributed by atoms with Gasteiger partial charge in [0.1, 0.15) is 6.04 Å². The molecular weight excluding hydrogens is 334 g/mol. The summed E-state index contributed by atoms with van der Waals surface area (Å²) in [7, 11) is 0. The van der Waals surface area contributed by atoms with Crippen LogP contribution in [-0.2, 0) is 14.3 Å². The highest BCUT2D eigenvalue weighted by molar-refractivity contribution is 5.94. The van der Waals surface area contributed by atoms with Gasteiger partial charge in [0.15, 0.2) is 0 Å². The molecule has 1 unspecified atom stereocenters. The Hall–Kier alpha value is -1.96. The van der Waals surface area contributed by atoms with Gasteiger partial charge in [0, 0.05) is 18.8 Å². The summed E-state index contributed by atoms with van der Waals surface area (Å²) in [6.07, 6.45) is 0.738. The molecule has 0 bridgehead atoms. The van der Waals surface area contributed by atoms with Crippen LogP contribution in [0.1, 0.15) is 24.0 Å². The Morgan fingerprint density at radius 3 is 2.46 bits per heavy atom. The molecule has 1 aliphatic heterocycles. The van der Waals surface area contributed by atoms with E-state index in [2.05, 4.69) is 15.5 Å².